The molecule has 14 heavy (non-hydrogen) atoms. The van der Waals surface area contributed by atoms with Crippen LogP contribution in [0.15, 0.2) is 10.4 Å². The number of nitrogens with zero attached hydrogens (tertiary/aromatic N) is 1. The Morgan fingerprint density at radius 3 is 2.71 bits per heavy atom. The van der Waals surface area contributed by atoms with Gasteiger partial charge in [-0.05, 0) is 30.7 Å². The van der Waals surface area contributed by atoms with Crippen molar-refractivity contribution in [2.24, 2.45) is 11.7 Å². The van der Waals surface area contributed by atoms with Gasteiger partial charge in [0.15, 0.2) is 0 Å². The summed E-state index contributed by atoms with van der Waals surface area (Å²) in [5.41, 5.74) is 5.94. The molecule has 4 heteroatoms. The predicted octanol–water partition coefficient (Wildman–Crippen LogP) is 2.90. The van der Waals surface area contributed by atoms with Gasteiger partial charge in [-0.2, -0.15) is 0 Å². The Balaban J connectivity index is 1.80. The monoisotopic (exact) mass is 232 g/mol. The van der Waals surface area contributed by atoms with Crippen LogP contribution in [-0.2, 0) is 0 Å². The van der Waals surface area contributed by atoms with Gasteiger partial charge in [-0.3, -0.25) is 0 Å². The van der Waals surface area contributed by atoms with Crippen LogP contribution in [0.3, 0.4) is 0 Å². The highest BCUT2D eigenvalue weighted by atomic mass is 35.5. The third kappa shape index (κ3) is 2.45. The summed E-state index contributed by atoms with van der Waals surface area (Å²) in [6, 6.07) is 0. The van der Waals surface area contributed by atoms with Gasteiger partial charge < -0.3 is 5.73 Å². The molecule has 1 fully saturated rings. The van der Waals surface area contributed by atoms with Crippen LogP contribution in [0.4, 0.5) is 0 Å². The van der Waals surface area contributed by atoms with E-state index in [-0.39, 0.29) is 6.17 Å². The lowest BCUT2D eigenvalue weighted by Crippen LogP contribution is -2.37. The highest BCUT2D eigenvalue weighted by Crippen LogP contribution is 2.33. The van der Waals surface area contributed by atoms with Gasteiger partial charge in [0, 0.05) is 12.0 Å². The molecule has 80 valence electrons. The molecule has 0 aromatic carbocycles. The van der Waals surface area contributed by atoms with Crippen molar-refractivity contribution in [3.63, 3.8) is 0 Å². The number of rotatable bonds is 2. The molecular formula is C10H17ClN2S. The van der Waals surface area contributed by atoms with E-state index in [0.29, 0.717) is 0 Å². The molecule has 2 N–H and O–H groups in total. The first-order chi connectivity index (χ1) is 6.77. The van der Waals surface area contributed by atoms with Crippen molar-refractivity contribution in [3.8, 4) is 0 Å². The largest absolute Gasteiger partial charge is 0.310 e. The Hall–Kier alpha value is 0.300. The summed E-state index contributed by atoms with van der Waals surface area (Å²) < 4.78 is 2.21. The highest BCUT2D eigenvalue weighted by Gasteiger charge is 2.26. The molecule has 1 aliphatic heterocycles. The molecule has 1 saturated carbocycles. The van der Waals surface area contributed by atoms with E-state index < -0.39 is 0 Å². The molecule has 0 aromatic heterocycles. The minimum Gasteiger partial charge on any atom is -0.310 e. The van der Waals surface area contributed by atoms with Crippen molar-refractivity contribution in [1.29, 1.82) is 0 Å². The van der Waals surface area contributed by atoms with Gasteiger partial charge in [0.1, 0.15) is 6.17 Å². The van der Waals surface area contributed by atoms with E-state index >= 15 is 0 Å². The van der Waals surface area contributed by atoms with Gasteiger partial charge in [-0.1, -0.05) is 30.9 Å². The molecule has 0 bridgehead atoms. The van der Waals surface area contributed by atoms with Crippen molar-refractivity contribution in [3.05, 3.63) is 10.4 Å². The van der Waals surface area contributed by atoms with E-state index in [2.05, 4.69) is 4.31 Å². The fourth-order valence-corrected chi connectivity index (χ4v) is 3.38. The zero-order valence-electron chi connectivity index (χ0n) is 8.29. The van der Waals surface area contributed by atoms with Gasteiger partial charge in [-0.25, -0.2) is 4.31 Å². The zero-order chi connectivity index (χ0) is 9.97. The fourth-order valence-electron chi connectivity index (χ4n) is 2.17. The number of nitrogens with two attached hydrogens (primary N) is 1. The summed E-state index contributed by atoms with van der Waals surface area (Å²) in [5, 5.41) is 2.74. The number of hydrogen-bond acceptors (Lipinski definition) is 3. The first kappa shape index (κ1) is 10.8. The summed E-state index contributed by atoms with van der Waals surface area (Å²) in [4.78, 5) is 0. The van der Waals surface area contributed by atoms with Gasteiger partial charge in [0.2, 0.25) is 0 Å². The summed E-state index contributed by atoms with van der Waals surface area (Å²) in [6.07, 6.45) is 6.85. The average Bonchev–Trinajstić information content (AvgIpc) is 2.52. The molecule has 0 spiro atoms. The van der Waals surface area contributed by atoms with Gasteiger partial charge in [0.05, 0.1) is 5.03 Å². The summed E-state index contributed by atoms with van der Waals surface area (Å²) >= 11 is 7.62. The molecular weight excluding hydrogens is 216 g/mol. The maximum Gasteiger partial charge on any atom is 0.105 e. The average molecular weight is 233 g/mol. The molecule has 2 rings (SSSR count). The van der Waals surface area contributed by atoms with Gasteiger partial charge in [0.25, 0.3) is 0 Å². The molecule has 0 saturated heterocycles. The normalized spacial score (nSPS) is 30.7. The van der Waals surface area contributed by atoms with E-state index in [1.54, 1.807) is 11.9 Å². The van der Waals surface area contributed by atoms with Crippen molar-refractivity contribution in [1.82, 2.24) is 4.31 Å². The zero-order valence-corrected chi connectivity index (χ0v) is 9.86. The van der Waals surface area contributed by atoms with E-state index in [1.165, 1.54) is 32.1 Å². The molecule has 0 aromatic rings. The van der Waals surface area contributed by atoms with Crippen LogP contribution in [0.1, 0.15) is 32.1 Å². The number of hydrogen-bond donors (Lipinski definition) is 1. The van der Waals surface area contributed by atoms with Crippen molar-refractivity contribution in [2.45, 2.75) is 38.3 Å². The second-order valence-corrected chi connectivity index (χ2v) is 5.51. The van der Waals surface area contributed by atoms with Crippen LogP contribution in [-0.4, -0.2) is 17.0 Å². The molecule has 1 aliphatic carbocycles. The smallest absolute Gasteiger partial charge is 0.105 e. The van der Waals surface area contributed by atoms with Crippen molar-refractivity contribution < 1.29 is 0 Å². The molecule has 0 radical (unpaired) electrons. The van der Waals surface area contributed by atoms with E-state index in [9.17, 15) is 0 Å². The Morgan fingerprint density at radius 1 is 1.43 bits per heavy atom. The molecule has 1 atom stereocenters. The van der Waals surface area contributed by atoms with Crippen molar-refractivity contribution >= 4 is 23.5 Å². The minimum atomic E-state index is -0.0661. The maximum atomic E-state index is 5.95. The topological polar surface area (TPSA) is 29.3 Å². The van der Waals surface area contributed by atoms with E-state index in [1.807, 2.05) is 5.41 Å². The van der Waals surface area contributed by atoms with Crippen LogP contribution in [0, 0.1) is 5.92 Å². The second-order valence-electron chi connectivity index (χ2n) is 4.16. The lowest BCUT2D eigenvalue weighted by Gasteiger charge is -2.28. The van der Waals surface area contributed by atoms with E-state index in [0.717, 1.165) is 17.5 Å². The summed E-state index contributed by atoms with van der Waals surface area (Å²) in [5.74, 6) is 0.832. The first-order valence-corrected chi connectivity index (χ1v) is 6.53. The van der Waals surface area contributed by atoms with Gasteiger partial charge >= 0.3 is 0 Å². The Labute approximate surface area is 95.0 Å². The summed E-state index contributed by atoms with van der Waals surface area (Å²) in [7, 11) is 0. The molecule has 1 heterocycles. The van der Waals surface area contributed by atoms with Crippen LogP contribution >= 0.6 is 23.5 Å². The Bertz CT molecular complexity index is 226. The fraction of sp³-hybridized carbons (Fsp3) is 0.800. The lowest BCUT2D eigenvalue weighted by atomic mass is 9.89. The van der Waals surface area contributed by atoms with E-state index in [4.69, 9.17) is 17.3 Å². The van der Waals surface area contributed by atoms with Crippen LogP contribution in [0.2, 0.25) is 0 Å². The SMILES string of the molecule is NC1C(Cl)=CSN1CC1CCCCC1. The second kappa shape index (κ2) is 4.88. The lowest BCUT2D eigenvalue weighted by molar-refractivity contribution is 0.276. The Kier molecular flexibility index (Phi) is 3.77. The molecule has 1 unspecified atom stereocenters. The first-order valence-electron chi connectivity index (χ1n) is 5.32. The summed E-state index contributed by atoms with van der Waals surface area (Å²) in [6.45, 7) is 1.10. The molecule has 0 amide bonds. The number of halogens is 1. The highest BCUT2D eigenvalue weighted by molar-refractivity contribution is 8.00. The van der Waals surface area contributed by atoms with Crippen LogP contribution in [0.25, 0.3) is 0 Å². The Morgan fingerprint density at radius 2 is 2.14 bits per heavy atom. The maximum absolute atomic E-state index is 5.95. The third-order valence-corrected chi connectivity index (χ3v) is 4.52. The van der Waals surface area contributed by atoms with Gasteiger partial charge in [-0.15, -0.1) is 0 Å². The molecule has 2 aliphatic rings. The van der Waals surface area contributed by atoms with Crippen LogP contribution in [0.5, 0.6) is 0 Å². The predicted molar refractivity (Wildman–Crippen MR) is 62.8 cm³/mol. The standard InChI is InChI=1S/C10H17ClN2S/c11-9-7-14-13(10(9)12)6-8-4-2-1-3-5-8/h7-8,10H,1-6,12H2. The molecule has 2 nitrogen and oxygen atoms in total. The van der Waals surface area contributed by atoms with Crippen LogP contribution < -0.4 is 5.73 Å². The third-order valence-electron chi connectivity index (χ3n) is 3.06. The quantitative estimate of drug-likeness (QED) is 0.743. The van der Waals surface area contributed by atoms with Crippen molar-refractivity contribution in [2.75, 3.05) is 6.54 Å². The minimum absolute atomic E-state index is 0.0661.